The summed E-state index contributed by atoms with van der Waals surface area (Å²) < 4.78 is 12.9. The van der Waals surface area contributed by atoms with Gasteiger partial charge in [0.15, 0.2) is 11.5 Å². The minimum Gasteiger partial charge on any atom is -0.489 e. The Bertz CT molecular complexity index is 1130. The van der Waals surface area contributed by atoms with Crippen LogP contribution in [-0.2, 0) is 16.6 Å². The van der Waals surface area contributed by atoms with E-state index in [2.05, 4.69) is 20.6 Å². The van der Waals surface area contributed by atoms with Gasteiger partial charge in [0.05, 0.1) is 23.9 Å². The van der Waals surface area contributed by atoms with Crippen LogP contribution in [0.3, 0.4) is 0 Å². The molecule has 1 aromatic carbocycles. The van der Waals surface area contributed by atoms with Crippen LogP contribution in [0, 0.1) is 5.92 Å². The van der Waals surface area contributed by atoms with Crippen LogP contribution in [0.2, 0.25) is 0 Å². The number of anilines is 1. The molecule has 178 valence electrons. The van der Waals surface area contributed by atoms with E-state index in [1.165, 1.54) is 4.68 Å². The van der Waals surface area contributed by atoms with Crippen LogP contribution in [0.4, 0.5) is 10.6 Å². The molecule has 1 amide bonds. The number of aromatic nitrogens is 4. The number of ether oxygens (including phenoxy) is 2. The second-order valence-corrected chi connectivity index (χ2v) is 8.31. The first kappa shape index (κ1) is 23.2. The van der Waals surface area contributed by atoms with Gasteiger partial charge in [-0.15, -0.1) is 5.10 Å². The topological polar surface area (TPSA) is 128 Å². The number of nitrogens with zero attached hydrogens (tertiary/aromatic N) is 4. The monoisotopic (exact) mass is 465 g/mol. The van der Waals surface area contributed by atoms with E-state index in [-0.39, 0.29) is 12.0 Å². The predicted molar refractivity (Wildman–Crippen MR) is 123 cm³/mol. The van der Waals surface area contributed by atoms with Gasteiger partial charge in [0.1, 0.15) is 11.9 Å². The number of benzene rings is 1. The molecule has 1 aliphatic rings. The zero-order valence-corrected chi connectivity index (χ0v) is 19.0. The molecule has 3 aromatic rings. The second-order valence-electron chi connectivity index (χ2n) is 8.31. The van der Waals surface area contributed by atoms with Gasteiger partial charge >= 0.3 is 12.1 Å². The number of aryl methyl sites for hydroxylation is 1. The smallest absolute Gasteiger partial charge is 0.413 e. The molecule has 0 saturated heterocycles. The van der Waals surface area contributed by atoms with Crippen molar-refractivity contribution >= 4 is 17.9 Å². The molecule has 34 heavy (non-hydrogen) atoms. The molecule has 2 N–H and O–H groups in total. The van der Waals surface area contributed by atoms with Crippen LogP contribution < -0.4 is 10.1 Å². The first-order chi connectivity index (χ1) is 16.4. The van der Waals surface area contributed by atoms with E-state index in [4.69, 9.17) is 9.47 Å². The van der Waals surface area contributed by atoms with Crippen LogP contribution in [0.5, 0.6) is 5.75 Å². The average molecular weight is 466 g/mol. The quantitative estimate of drug-likeness (QED) is 0.531. The molecule has 1 fully saturated rings. The molecule has 3 atom stereocenters. The van der Waals surface area contributed by atoms with Crippen molar-refractivity contribution in [2.45, 2.75) is 44.8 Å². The lowest BCUT2D eigenvalue weighted by Crippen LogP contribution is -2.29. The number of carboxylic acid groups (broad SMARTS) is 1. The van der Waals surface area contributed by atoms with Crippen molar-refractivity contribution in [3.05, 3.63) is 54.2 Å². The van der Waals surface area contributed by atoms with Gasteiger partial charge in [0.25, 0.3) is 0 Å². The molecule has 1 saturated carbocycles. The molecule has 2 heterocycles. The molecule has 0 spiro atoms. The summed E-state index contributed by atoms with van der Waals surface area (Å²) in [6.45, 7) is 1.79. The van der Waals surface area contributed by atoms with Gasteiger partial charge in [0.2, 0.25) is 0 Å². The summed E-state index contributed by atoms with van der Waals surface area (Å²) in [7, 11) is 1.66. The number of carbonyl (C=O) groups is 2. The highest BCUT2D eigenvalue weighted by Gasteiger charge is 2.28. The third-order valence-electron chi connectivity index (χ3n) is 5.86. The summed E-state index contributed by atoms with van der Waals surface area (Å²) in [5.41, 5.74) is 1.77. The van der Waals surface area contributed by atoms with Crippen LogP contribution in [0.1, 0.15) is 44.3 Å². The molecule has 0 aliphatic heterocycles. The molecule has 10 heteroatoms. The third kappa shape index (κ3) is 5.51. The zero-order chi connectivity index (χ0) is 24.1. The predicted octanol–water partition coefficient (Wildman–Crippen LogP) is 4.21. The second kappa shape index (κ2) is 10.3. The highest BCUT2D eigenvalue weighted by atomic mass is 16.6. The van der Waals surface area contributed by atoms with E-state index < -0.39 is 18.2 Å². The van der Waals surface area contributed by atoms with E-state index >= 15 is 0 Å². The molecular weight excluding hydrogens is 438 g/mol. The van der Waals surface area contributed by atoms with Gasteiger partial charge in [-0.05, 0) is 50.3 Å². The maximum Gasteiger partial charge on any atom is 0.413 e. The van der Waals surface area contributed by atoms with Gasteiger partial charge < -0.3 is 14.6 Å². The number of carbonyl (C=O) groups excluding carboxylic acids is 1. The molecule has 0 radical (unpaired) electrons. The largest absolute Gasteiger partial charge is 0.489 e. The summed E-state index contributed by atoms with van der Waals surface area (Å²) in [5, 5.41) is 20.1. The van der Waals surface area contributed by atoms with E-state index in [9.17, 15) is 14.7 Å². The van der Waals surface area contributed by atoms with Crippen LogP contribution in [0.25, 0.3) is 11.4 Å². The fourth-order valence-electron chi connectivity index (χ4n) is 4.01. The maximum atomic E-state index is 12.5. The Labute approximate surface area is 196 Å². The van der Waals surface area contributed by atoms with Crippen LogP contribution in [0.15, 0.2) is 48.7 Å². The summed E-state index contributed by atoms with van der Waals surface area (Å²) in [4.78, 5) is 28.2. The number of aliphatic carboxylic acids is 1. The molecule has 2 aromatic heterocycles. The minimum atomic E-state index is -0.777. The van der Waals surface area contributed by atoms with Crippen molar-refractivity contribution in [2.24, 2.45) is 13.0 Å². The highest BCUT2D eigenvalue weighted by Crippen LogP contribution is 2.29. The first-order valence-electron chi connectivity index (χ1n) is 11.2. The summed E-state index contributed by atoms with van der Waals surface area (Å²) in [6.07, 6.45) is 3.15. The number of rotatable bonds is 7. The van der Waals surface area contributed by atoms with Crippen LogP contribution >= 0.6 is 0 Å². The summed E-state index contributed by atoms with van der Waals surface area (Å²) in [6, 6.07) is 12.9. The number of amides is 1. The lowest BCUT2D eigenvalue weighted by Gasteiger charge is -2.27. The number of pyridine rings is 1. The van der Waals surface area contributed by atoms with Crippen molar-refractivity contribution in [2.75, 3.05) is 5.32 Å². The Balaban J connectivity index is 1.41. The van der Waals surface area contributed by atoms with Crippen molar-refractivity contribution in [1.82, 2.24) is 20.0 Å². The van der Waals surface area contributed by atoms with Crippen molar-refractivity contribution in [1.29, 1.82) is 0 Å². The van der Waals surface area contributed by atoms with Crippen molar-refractivity contribution in [3.8, 4) is 17.1 Å². The number of nitrogens with one attached hydrogen (secondary N) is 1. The number of hydrogen-bond acceptors (Lipinski definition) is 7. The lowest BCUT2D eigenvalue weighted by atomic mass is 9.87. The molecule has 1 aliphatic carbocycles. The van der Waals surface area contributed by atoms with Crippen molar-refractivity contribution in [3.63, 3.8) is 0 Å². The van der Waals surface area contributed by atoms with Gasteiger partial charge in [-0.3, -0.25) is 15.1 Å². The van der Waals surface area contributed by atoms with Gasteiger partial charge in [-0.2, -0.15) is 0 Å². The molecule has 0 bridgehead atoms. The van der Waals surface area contributed by atoms with E-state index in [1.54, 1.807) is 32.3 Å². The SMILES string of the molecule is C[C@@H](OC(=O)Nc1c(-c2ccc(O[C@H]3CCC[C@H](C(=O)O)C3)cn2)nnn1C)c1ccccc1. The standard InChI is InChI=1S/C24H27N5O5/c1-15(16-7-4-3-5-8-16)33-24(32)26-22-21(27-28-29(22)2)20-12-11-19(14-25-20)34-18-10-6-9-17(13-18)23(30)31/h3-5,7-8,11-12,14-15,17-18H,6,9-10,13H2,1-2H3,(H,26,32)(H,30,31)/t15-,17+,18+/m1/s1. The summed E-state index contributed by atoms with van der Waals surface area (Å²) >= 11 is 0. The van der Waals surface area contributed by atoms with Crippen molar-refractivity contribution < 1.29 is 24.2 Å². The lowest BCUT2D eigenvalue weighted by molar-refractivity contribution is -0.143. The third-order valence-corrected chi connectivity index (χ3v) is 5.86. The Hall–Kier alpha value is -3.95. The van der Waals surface area contributed by atoms with Gasteiger partial charge in [-0.25, -0.2) is 9.48 Å². The number of hydrogen-bond donors (Lipinski definition) is 2. The zero-order valence-electron chi connectivity index (χ0n) is 19.0. The summed E-state index contributed by atoms with van der Waals surface area (Å²) in [5.74, 6) is -0.248. The Kier molecular flexibility index (Phi) is 7.05. The normalized spacial score (nSPS) is 18.6. The molecule has 0 unspecified atom stereocenters. The average Bonchev–Trinajstić information content (AvgIpc) is 3.20. The number of carboxylic acids is 1. The fourth-order valence-corrected chi connectivity index (χ4v) is 4.01. The fraction of sp³-hybridized carbons (Fsp3) is 0.375. The Morgan fingerprint density at radius 2 is 1.97 bits per heavy atom. The first-order valence-corrected chi connectivity index (χ1v) is 11.2. The highest BCUT2D eigenvalue weighted by molar-refractivity contribution is 5.88. The van der Waals surface area contributed by atoms with Gasteiger partial charge in [0, 0.05) is 7.05 Å². The van der Waals surface area contributed by atoms with E-state index in [1.807, 2.05) is 30.3 Å². The molecule has 10 nitrogen and oxygen atoms in total. The minimum absolute atomic E-state index is 0.155. The van der Waals surface area contributed by atoms with Gasteiger partial charge in [-0.1, -0.05) is 35.5 Å². The Morgan fingerprint density at radius 3 is 2.68 bits per heavy atom. The van der Waals surface area contributed by atoms with E-state index in [0.29, 0.717) is 35.8 Å². The molecule has 4 rings (SSSR count). The van der Waals surface area contributed by atoms with Crippen LogP contribution in [-0.4, -0.2) is 43.3 Å². The maximum absolute atomic E-state index is 12.5. The van der Waals surface area contributed by atoms with E-state index in [0.717, 1.165) is 18.4 Å². The molecular formula is C24H27N5O5. The Morgan fingerprint density at radius 1 is 1.18 bits per heavy atom.